The van der Waals surface area contributed by atoms with Crippen LogP contribution in [0.1, 0.15) is 6.92 Å². The van der Waals surface area contributed by atoms with Crippen LogP contribution < -0.4 is 11.1 Å². The number of carbonyl (C=O) groups excluding carboxylic acids is 1. The van der Waals surface area contributed by atoms with Gasteiger partial charge >= 0.3 is 0 Å². The zero-order chi connectivity index (χ0) is 16.5. The number of alkyl halides is 1. The molecule has 0 bridgehead atoms. The van der Waals surface area contributed by atoms with Crippen LogP contribution in [0, 0.1) is 0 Å². The van der Waals surface area contributed by atoms with Gasteiger partial charge in [-0.2, -0.15) is 8.42 Å². The summed E-state index contributed by atoms with van der Waals surface area (Å²) in [6.45, 7) is 1.56. The van der Waals surface area contributed by atoms with Crippen LogP contribution in [-0.2, 0) is 14.9 Å². The lowest BCUT2D eigenvalue weighted by Gasteiger charge is -2.26. The van der Waals surface area contributed by atoms with Gasteiger partial charge < -0.3 is 11.1 Å². The van der Waals surface area contributed by atoms with Crippen molar-refractivity contribution in [1.29, 1.82) is 0 Å². The molecule has 0 spiro atoms. The van der Waals surface area contributed by atoms with E-state index in [1.807, 2.05) is 22.6 Å². The number of Topliss-reactive ketones (excluding diaryl/α,β-unsaturated/α-hetero) is 1. The molecule has 0 aromatic heterocycles. The first kappa shape index (κ1) is 17.1. The molecule has 0 aliphatic carbocycles. The standard InChI is InChI=1S/C14H15IN2O4S/c1-14(16,13(18)8-15)17-11-6-2-5-10-9(11)4-3-7-12(10)22(19,20)21/h2-7,17H,8,16H2,1H3,(H,19,20,21). The maximum Gasteiger partial charge on any atom is 0.295 e. The summed E-state index contributed by atoms with van der Waals surface area (Å²) in [6, 6.07) is 9.43. The average molecular weight is 434 g/mol. The van der Waals surface area contributed by atoms with Crippen LogP contribution >= 0.6 is 22.6 Å². The maximum atomic E-state index is 11.9. The van der Waals surface area contributed by atoms with E-state index in [0.717, 1.165) is 0 Å². The second-order valence-electron chi connectivity index (χ2n) is 5.02. The van der Waals surface area contributed by atoms with Crippen LogP contribution in [0.4, 0.5) is 5.69 Å². The van der Waals surface area contributed by atoms with Gasteiger partial charge in [0.15, 0.2) is 5.78 Å². The fraction of sp³-hybridized carbons (Fsp3) is 0.214. The van der Waals surface area contributed by atoms with Gasteiger partial charge in [0.2, 0.25) is 0 Å². The molecule has 0 aliphatic heterocycles. The van der Waals surface area contributed by atoms with E-state index in [1.54, 1.807) is 31.2 Å². The number of hydrogen-bond donors (Lipinski definition) is 3. The SMILES string of the molecule is CC(N)(Nc1cccc2c(S(=O)(=O)O)cccc12)C(=O)CI. The molecule has 22 heavy (non-hydrogen) atoms. The third kappa shape index (κ3) is 3.40. The first-order valence-electron chi connectivity index (χ1n) is 6.32. The molecule has 0 heterocycles. The number of ketones is 1. The summed E-state index contributed by atoms with van der Waals surface area (Å²) >= 11 is 1.93. The normalized spacial score (nSPS) is 14.5. The van der Waals surface area contributed by atoms with Crippen molar-refractivity contribution in [3.05, 3.63) is 36.4 Å². The number of rotatable bonds is 5. The summed E-state index contributed by atoms with van der Waals surface area (Å²) in [5.74, 6) is -0.184. The highest BCUT2D eigenvalue weighted by Gasteiger charge is 2.27. The molecule has 0 amide bonds. The Kier molecular flexibility index (Phi) is 4.76. The van der Waals surface area contributed by atoms with Crippen LogP contribution in [0.2, 0.25) is 0 Å². The van der Waals surface area contributed by atoms with E-state index < -0.39 is 15.8 Å². The van der Waals surface area contributed by atoms with Gasteiger partial charge in [0.1, 0.15) is 10.6 Å². The van der Waals surface area contributed by atoms with Crippen LogP contribution in [0.25, 0.3) is 10.8 Å². The predicted molar refractivity (Wildman–Crippen MR) is 93.9 cm³/mol. The van der Waals surface area contributed by atoms with Crippen molar-refractivity contribution in [2.45, 2.75) is 17.5 Å². The fourth-order valence-electron chi connectivity index (χ4n) is 2.10. The van der Waals surface area contributed by atoms with Gasteiger partial charge in [-0.05, 0) is 19.1 Å². The molecule has 0 fully saturated rings. The fourth-order valence-corrected chi connectivity index (χ4v) is 3.60. The number of halogens is 1. The van der Waals surface area contributed by atoms with E-state index in [4.69, 9.17) is 5.73 Å². The molecule has 4 N–H and O–H groups in total. The van der Waals surface area contributed by atoms with Crippen LogP contribution in [0.3, 0.4) is 0 Å². The van der Waals surface area contributed by atoms with E-state index in [9.17, 15) is 17.8 Å². The molecule has 1 unspecified atom stereocenters. The average Bonchev–Trinajstić information content (AvgIpc) is 2.44. The Hall–Kier alpha value is -1.23. The van der Waals surface area contributed by atoms with Gasteiger partial charge in [-0.15, -0.1) is 0 Å². The zero-order valence-corrected chi connectivity index (χ0v) is 14.7. The predicted octanol–water partition coefficient (Wildman–Crippen LogP) is 2.18. The smallest absolute Gasteiger partial charge is 0.295 e. The van der Waals surface area contributed by atoms with Gasteiger partial charge in [0, 0.05) is 16.5 Å². The Morgan fingerprint density at radius 3 is 2.45 bits per heavy atom. The minimum Gasteiger partial charge on any atom is -0.361 e. The first-order valence-corrected chi connectivity index (χ1v) is 9.29. The van der Waals surface area contributed by atoms with E-state index in [0.29, 0.717) is 16.5 Å². The number of fused-ring (bicyclic) bond motifs is 1. The van der Waals surface area contributed by atoms with Crippen LogP contribution in [0.5, 0.6) is 0 Å². The molecular weight excluding hydrogens is 419 g/mol. The van der Waals surface area contributed by atoms with Gasteiger partial charge in [-0.1, -0.05) is 46.9 Å². The highest BCUT2D eigenvalue weighted by atomic mass is 127. The van der Waals surface area contributed by atoms with Gasteiger partial charge in [-0.25, -0.2) is 0 Å². The van der Waals surface area contributed by atoms with Crippen LogP contribution in [-0.4, -0.2) is 28.8 Å². The molecule has 0 radical (unpaired) electrons. The molecule has 2 aromatic rings. The van der Waals surface area contributed by atoms with Crippen molar-refractivity contribution in [1.82, 2.24) is 0 Å². The summed E-state index contributed by atoms with van der Waals surface area (Å²) < 4.78 is 32.5. The van der Waals surface area contributed by atoms with Crippen molar-refractivity contribution in [2.75, 3.05) is 9.74 Å². The van der Waals surface area contributed by atoms with Crippen molar-refractivity contribution >= 4 is 55.0 Å². The maximum absolute atomic E-state index is 11.9. The summed E-state index contributed by atoms with van der Waals surface area (Å²) in [7, 11) is -4.34. The van der Waals surface area contributed by atoms with Crippen molar-refractivity contribution in [3.8, 4) is 0 Å². The third-order valence-electron chi connectivity index (χ3n) is 3.25. The monoisotopic (exact) mass is 434 g/mol. The second-order valence-corrected chi connectivity index (χ2v) is 7.17. The highest BCUT2D eigenvalue weighted by Crippen LogP contribution is 2.29. The van der Waals surface area contributed by atoms with Gasteiger partial charge in [-0.3, -0.25) is 9.35 Å². The Morgan fingerprint density at radius 2 is 1.86 bits per heavy atom. The van der Waals surface area contributed by atoms with Crippen molar-refractivity contribution in [3.63, 3.8) is 0 Å². The van der Waals surface area contributed by atoms with E-state index in [-0.39, 0.29) is 15.1 Å². The number of benzene rings is 2. The van der Waals surface area contributed by atoms with Crippen molar-refractivity contribution < 1.29 is 17.8 Å². The van der Waals surface area contributed by atoms with Crippen LogP contribution in [0.15, 0.2) is 41.3 Å². The topological polar surface area (TPSA) is 109 Å². The quantitative estimate of drug-likeness (QED) is 0.288. The van der Waals surface area contributed by atoms with E-state index in [2.05, 4.69) is 5.32 Å². The Labute approximate surface area is 142 Å². The second kappa shape index (κ2) is 6.11. The highest BCUT2D eigenvalue weighted by molar-refractivity contribution is 14.1. The summed E-state index contributed by atoms with van der Waals surface area (Å²) in [4.78, 5) is 11.7. The lowest BCUT2D eigenvalue weighted by atomic mass is 10.1. The van der Waals surface area contributed by atoms with Crippen molar-refractivity contribution in [2.24, 2.45) is 5.73 Å². The molecule has 0 saturated carbocycles. The number of nitrogens with one attached hydrogen (secondary N) is 1. The molecule has 2 rings (SSSR count). The number of anilines is 1. The number of nitrogens with two attached hydrogens (primary N) is 1. The largest absolute Gasteiger partial charge is 0.361 e. The lowest BCUT2D eigenvalue weighted by Crippen LogP contribution is -2.52. The summed E-state index contributed by atoms with van der Waals surface area (Å²) in [5.41, 5.74) is 5.23. The zero-order valence-electron chi connectivity index (χ0n) is 11.7. The molecule has 0 saturated heterocycles. The van der Waals surface area contributed by atoms with Gasteiger partial charge in [0.05, 0.1) is 4.43 Å². The number of hydrogen-bond acceptors (Lipinski definition) is 5. The minimum atomic E-state index is -4.34. The van der Waals surface area contributed by atoms with E-state index in [1.165, 1.54) is 12.1 Å². The molecule has 8 heteroatoms. The molecule has 118 valence electrons. The summed E-state index contributed by atoms with van der Waals surface area (Å²) in [5, 5.41) is 3.84. The van der Waals surface area contributed by atoms with E-state index >= 15 is 0 Å². The molecular formula is C14H15IN2O4S. The number of carbonyl (C=O) groups is 1. The lowest BCUT2D eigenvalue weighted by molar-refractivity contribution is -0.119. The first-order chi connectivity index (χ1) is 10.2. The Balaban J connectivity index is 2.61. The minimum absolute atomic E-state index is 0.184. The van der Waals surface area contributed by atoms with Gasteiger partial charge in [0.25, 0.3) is 10.1 Å². The summed E-state index contributed by atoms with van der Waals surface area (Å²) in [6.07, 6.45) is 0. The third-order valence-corrected chi connectivity index (χ3v) is 4.86. The Bertz CT molecular complexity index is 834. The molecule has 1 atom stereocenters. The molecule has 0 aliphatic rings. The molecule has 6 nitrogen and oxygen atoms in total. The molecule has 2 aromatic carbocycles. The Morgan fingerprint density at radius 1 is 1.27 bits per heavy atom.